The summed E-state index contributed by atoms with van der Waals surface area (Å²) in [6, 6.07) is 12.5. The molecule has 0 radical (unpaired) electrons. The fourth-order valence-electron chi connectivity index (χ4n) is 3.97. The van der Waals surface area contributed by atoms with Crippen molar-refractivity contribution in [1.82, 2.24) is 5.32 Å². The molecule has 2 aliphatic rings. The Kier molecular flexibility index (Phi) is 4.07. The zero-order valence-corrected chi connectivity index (χ0v) is 16.4. The number of anilines is 1. The molecule has 0 amide bonds. The van der Waals surface area contributed by atoms with Gasteiger partial charge in [0.25, 0.3) is 0 Å². The van der Waals surface area contributed by atoms with E-state index in [4.69, 9.17) is 21.7 Å². The maximum atomic E-state index is 6.58. The van der Waals surface area contributed by atoms with E-state index in [1.54, 1.807) is 0 Å². The molecule has 1 fully saturated rings. The van der Waals surface area contributed by atoms with Gasteiger partial charge in [0.05, 0.1) is 18.3 Å². The quantitative estimate of drug-likeness (QED) is 0.799. The predicted molar refractivity (Wildman–Crippen MR) is 108 cm³/mol. The smallest absolute Gasteiger partial charge is 0.188 e. The number of nitrogens with one attached hydrogen (secondary N) is 1. The third kappa shape index (κ3) is 2.53. The van der Waals surface area contributed by atoms with Crippen LogP contribution < -0.4 is 19.7 Å². The highest BCUT2D eigenvalue weighted by Crippen LogP contribution is 2.49. The highest BCUT2D eigenvalue weighted by molar-refractivity contribution is 7.80. The number of thiocarbonyl (C=S) groups is 1. The molecule has 0 spiro atoms. The van der Waals surface area contributed by atoms with E-state index < -0.39 is 5.72 Å². The lowest BCUT2D eigenvalue weighted by molar-refractivity contribution is 0.0456. The lowest BCUT2D eigenvalue weighted by Gasteiger charge is -2.52. The molecule has 4 rings (SSSR count). The summed E-state index contributed by atoms with van der Waals surface area (Å²) in [6.07, 6.45) is 0.809. The molecule has 2 aromatic carbocycles. The van der Waals surface area contributed by atoms with Gasteiger partial charge in [-0.15, -0.1) is 0 Å². The van der Waals surface area contributed by atoms with Gasteiger partial charge >= 0.3 is 0 Å². The third-order valence-electron chi connectivity index (χ3n) is 5.38. The first-order chi connectivity index (χ1) is 12.4. The van der Waals surface area contributed by atoms with Crippen molar-refractivity contribution < 1.29 is 9.47 Å². The minimum Gasteiger partial charge on any atom is -0.490 e. The van der Waals surface area contributed by atoms with Crippen molar-refractivity contribution in [2.75, 3.05) is 11.5 Å². The highest BCUT2D eigenvalue weighted by atomic mass is 32.1. The van der Waals surface area contributed by atoms with Crippen molar-refractivity contribution in [2.24, 2.45) is 0 Å². The number of fused-ring (bicyclic) bond motifs is 4. The van der Waals surface area contributed by atoms with Crippen LogP contribution in [-0.4, -0.2) is 17.4 Å². The van der Waals surface area contributed by atoms with Crippen LogP contribution in [0.1, 0.15) is 43.0 Å². The third-order valence-corrected chi connectivity index (χ3v) is 5.68. The van der Waals surface area contributed by atoms with Crippen LogP contribution in [0.15, 0.2) is 36.4 Å². The summed E-state index contributed by atoms with van der Waals surface area (Å²) in [6.45, 7) is 8.95. The van der Waals surface area contributed by atoms with Crippen molar-refractivity contribution in [3.63, 3.8) is 0 Å². The monoisotopic (exact) mass is 368 g/mol. The maximum Gasteiger partial charge on any atom is 0.188 e. The molecule has 1 N–H and O–H groups in total. The topological polar surface area (TPSA) is 33.7 Å². The molecule has 1 saturated heterocycles. The van der Waals surface area contributed by atoms with Gasteiger partial charge in [0.1, 0.15) is 0 Å². The molecule has 5 heteroatoms. The average molecular weight is 369 g/mol. The van der Waals surface area contributed by atoms with Crippen LogP contribution in [0.3, 0.4) is 0 Å². The van der Waals surface area contributed by atoms with Crippen LogP contribution in [0.2, 0.25) is 0 Å². The van der Waals surface area contributed by atoms with Gasteiger partial charge < -0.3 is 14.8 Å². The maximum absolute atomic E-state index is 6.58. The number of hydrogen-bond acceptors (Lipinski definition) is 3. The van der Waals surface area contributed by atoms with Gasteiger partial charge in [-0.2, -0.15) is 0 Å². The number of rotatable bonds is 3. The second kappa shape index (κ2) is 6.16. The lowest BCUT2D eigenvalue weighted by Crippen LogP contribution is -2.65. The molecule has 2 heterocycles. The molecule has 2 bridgehead atoms. The van der Waals surface area contributed by atoms with Gasteiger partial charge in [0.15, 0.2) is 22.3 Å². The van der Waals surface area contributed by atoms with Crippen LogP contribution in [0.4, 0.5) is 5.69 Å². The Morgan fingerprint density at radius 1 is 1.27 bits per heavy atom. The Balaban J connectivity index is 1.83. The zero-order valence-electron chi connectivity index (χ0n) is 15.6. The highest BCUT2D eigenvalue weighted by Gasteiger charge is 2.49. The summed E-state index contributed by atoms with van der Waals surface area (Å²) >= 11 is 5.75. The molecule has 2 aromatic rings. The summed E-state index contributed by atoms with van der Waals surface area (Å²) in [7, 11) is 0. The summed E-state index contributed by atoms with van der Waals surface area (Å²) in [5.74, 6) is 1.61. The first-order valence-electron chi connectivity index (χ1n) is 9.06. The molecule has 136 valence electrons. The second-order valence-electron chi connectivity index (χ2n) is 7.15. The lowest BCUT2D eigenvalue weighted by atomic mass is 9.89. The van der Waals surface area contributed by atoms with Gasteiger partial charge in [-0.1, -0.05) is 24.3 Å². The molecule has 0 aromatic heterocycles. The normalized spacial score (nSPS) is 23.8. The summed E-state index contributed by atoms with van der Waals surface area (Å²) in [5.41, 5.74) is 4.08. The standard InChI is InChI=1S/C21H24N2O2S/c1-5-24-18-11-7-9-15-16-12-21(4,25-19(15)18)23(20(26)22-16)17-10-6-8-13(2)14(17)3/h6-11,16H,5,12H2,1-4H3,(H,22,26)/t16-,21+/m1/s1. The molecule has 2 aliphatic heterocycles. The van der Waals surface area contributed by atoms with E-state index in [0.29, 0.717) is 11.7 Å². The Bertz CT molecular complexity index is 882. The van der Waals surface area contributed by atoms with Crippen LogP contribution in [0.5, 0.6) is 11.5 Å². The average Bonchev–Trinajstić information content (AvgIpc) is 2.59. The summed E-state index contributed by atoms with van der Waals surface area (Å²) < 4.78 is 12.4. The SMILES string of the molecule is CCOc1cccc2c1O[C@@]1(C)C[C@H]2NC(=S)N1c1cccc(C)c1C. The van der Waals surface area contributed by atoms with Crippen molar-refractivity contribution in [2.45, 2.75) is 45.9 Å². The fourth-order valence-corrected chi connectivity index (χ4v) is 4.41. The number of aryl methyl sites for hydroxylation is 1. The van der Waals surface area contributed by atoms with E-state index in [1.165, 1.54) is 11.1 Å². The van der Waals surface area contributed by atoms with Gasteiger partial charge in [-0.25, -0.2) is 0 Å². The largest absolute Gasteiger partial charge is 0.490 e. The zero-order chi connectivity index (χ0) is 18.5. The number of benzene rings is 2. The van der Waals surface area contributed by atoms with Crippen LogP contribution in [0.25, 0.3) is 0 Å². The van der Waals surface area contributed by atoms with E-state index >= 15 is 0 Å². The Hall–Kier alpha value is -2.27. The van der Waals surface area contributed by atoms with Gasteiger partial charge in [0, 0.05) is 12.0 Å². The van der Waals surface area contributed by atoms with E-state index in [0.717, 1.165) is 29.2 Å². The second-order valence-corrected chi connectivity index (χ2v) is 7.53. The molecular formula is C21H24N2O2S. The van der Waals surface area contributed by atoms with Crippen molar-refractivity contribution in [3.05, 3.63) is 53.1 Å². The van der Waals surface area contributed by atoms with Crippen LogP contribution >= 0.6 is 12.2 Å². The molecule has 26 heavy (non-hydrogen) atoms. The van der Waals surface area contributed by atoms with E-state index in [2.05, 4.69) is 55.3 Å². The first-order valence-corrected chi connectivity index (χ1v) is 9.47. The Morgan fingerprint density at radius 2 is 2.04 bits per heavy atom. The molecule has 4 nitrogen and oxygen atoms in total. The molecular weight excluding hydrogens is 344 g/mol. The minimum absolute atomic E-state index is 0.123. The van der Waals surface area contributed by atoms with E-state index in [1.807, 2.05) is 19.1 Å². The van der Waals surface area contributed by atoms with Gasteiger partial charge in [-0.3, -0.25) is 4.90 Å². The number of nitrogens with zero attached hydrogens (tertiary/aromatic N) is 1. The Morgan fingerprint density at radius 3 is 2.81 bits per heavy atom. The van der Waals surface area contributed by atoms with Crippen molar-refractivity contribution in [3.8, 4) is 11.5 Å². The van der Waals surface area contributed by atoms with Gasteiger partial charge in [-0.05, 0) is 63.2 Å². The number of hydrogen-bond donors (Lipinski definition) is 1. The summed E-state index contributed by atoms with van der Waals surface area (Å²) in [4.78, 5) is 2.12. The van der Waals surface area contributed by atoms with E-state index in [-0.39, 0.29) is 6.04 Å². The number of ether oxygens (including phenoxy) is 2. The molecule has 0 saturated carbocycles. The minimum atomic E-state index is -0.564. The number of para-hydroxylation sites is 1. The summed E-state index contributed by atoms with van der Waals surface area (Å²) in [5, 5.41) is 4.21. The van der Waals surface area contributed by atoms with Crippen LogP contribution in [-0.2, 0) is 0 Å². The molecule has 0 unspecified atom stereocenters. The molecule has 0 aliphatic carbocycles. The molecule has 2 atom stereocenters. The van der Waals surface area contributed by atoms with Crippen molar-refractivity contribution in [1.29, 1.82) is 0 Å². The van der Waals surface area contributed by atoms with Crippen LogP contribution in [0, 0.1) is 13.8 Å². The van der Waals surface area contributed by atoms with Crippen molar-refractivity contribution >= 4 is 23.0 Å². The first kappa shape index (κ1) is 17.2. The van der Waals surface area contributed by atoms with E-state index in [9.17, 15) is 0 Å². The fraction of sp³-hybridized carbons (Fsp3) is 0.381. The predicted octanol–water partition coefficient (Wildman–Crippen LogP) is 4.64. The Labute approximate surface area is 160 Å². The van der Waals surface area contributed by atoms with Gasteiger partial charge in [0.2, 0.25) is 0 Å².